The maximum atomic E-state index is 13.6. The Morgan fingerprint density at radius 1 is 1.19 bits per heavy atom. The molecule has 0 radical (unpaired) electrons. The zero-order valence-corrected chi connectivity index (χ0v) is 10.3. The van der Waals surface area contributed by atoms with Gasteiger partial charge in [0, 0.05) is 0 Å². The summed E-state index contributed by atoms with van der Waals surface area (Å²) in [5.74, 6) is -0.0763. The average molecular weight is 221 g/mol. The molecule has 1 aromatic carbocycles. The van der Waals surface area contributed by atoms with Crippen LogP contribution in [0.25, 0.3) is 6.08 Å². The van der Waals surface area contributed by atoms with Crippen LogP contribution < -0.4 is 0 Å². The van der Waals surface area contributed by atoms with Crippen molar-refractivity contribution in [1.29, 1.82) is 0 Å². The quantitative estimate of drug-likeness (QED) is 0.733. The lowest BCUT2D eigenvalue weighted by Gasteiger charge is -2.16. The molecule has 0 atom stereocenters. The van der Waals surface area contributed by atoms with Gasteiger partial charge in [0.1, 0.15) is 5.83 Å². The van der Waals surface area contributed by atoms with Crippen LogP contribution in [0.3, 0.4) is 0 Å². The van der Waals surface area contributed by atoms with E-state index in [-0.39, 0.29) is 5.83 Å². The van der Waals surface area contributed by atoms with Crippen LogP contribution in [-0.2, 0) is 0 Å². The van der Waals surface area contributed by atoms with Crippen molar-refractivity contribution in [1.82, 2.24) is 4.90 Å². The minimum atomic E-state index is -0.0763. The van der Waals surface area contributed by atoms with E-state index < -0.39 is 0 Å². The van der Waals surface area contributed by atoms with Crippen LogP contribution in [-0.4, -0.2) is 24.5 Å². The molecule has 1 rings (SSSR count). The summed E-state index contributed by atoms with van der Waals surface area (Å²) < 4.78 is 13.6. The zero-order chi connectivity index (χ0) is 12.0. The lowest BCUT2D eigenvalue weighted by atomic mass is 10.1. The highest BCUT2D eigenvalue weighted by molar-refractivity contribution is 5.51. The van der Waals surface area contributed by atoms with Gasteiger partial charge in [-0.3, -0.25) is 4.90 Å². The number of aryl methyl sites for hydroxylation is 1. The molecule has 2 heteroatoms. The number of hydrogen-bond acceptors (Lipinski definition) is 1. The Morgan fingerprint density at radius 2 is 1.75 bits per heavy atom. The molecule has 0 spiro atoms. The summed E-state index contributed by atoms with van der Waals surface area (Å²) in [5.41, 5.74) is 2.12. The van der Waals surface area contributed by atoms with Crippen LogP contribution in [0.5, 0.6) is 0 Å². The smallest absolute Gasteiger partial charge is 0.114 e. The standard InChI is InChI=1S/C14H20FN/c1-4-16(5-2)11-14(15)10-13-8-6-12(3)7-9-13/h6-10H,4-5,11H2,1-3H3/b14-10-. The Morgan fingerprint density at radius 3 is 2.25 bits per heavy atom. The number of rotatable bonds is 5. The number of likely N-dealkylation sites (N-methyl/N-ethyl adjacent to an activating group) is 1. The van der Waals surface area contributed by atoms with Gasteiger partial charge >= 0.3 is 0 Å². The lowest BCUT2D eigenvalue weighted by Crippen LogP contribution is -2.24. The van der Waals surface area contributed by atoms with E-state index in [4.69, 9.17) is 0 Å². The van der Waals surface area contributed by atoms with E-state index in [9.17, 15) is 4.39 Å². The molecular formula is C14H20FN. The highest BCUT2D eigenvalue weighted by atomic mass is 19.1. The Bertz CT molecular complexity index is 336. The molecule has 1 aromatic rings. The molecule has 0 amide bonds. The molecule has 16 heavy (non-hydrogen) atoms. The van der Waals surface area contributed by atoms with Gasteiger partial charge in [0.15, 0.2) is 0 Å². The van der Waals surface area contributed by atoms with Crippen LogP contribution >= 0.6 is 0 Å². The van der Waals surface area contributed by atoms with Crippen molar-refractivity contribution in [3.05, 3.63) is 41.2 Å². The van der Waals surface area contributed by atoms with E-state index in [0.29, 0.717) is 6.54 Å². The predicted molar refractivity (Wildman–Crippen MR) is 68.1 cm³/mol. The molecular weight excluding hydrogens is 201 g/mol. The van der Waals surface area contributed by atoms with E-state index in [0.717, 1.165) is 18.7 Å². The molecule has 0 aliphatic rings. The van der Waals surface area contributed by atoms with Crippen LogP contribution in [0.15, 0.2) is 30.1 Å². The van der Waals surface area contributed by atoms with E-state index in [1.165, 1.54) is 5.56 Å². The molecule has 0 unspecified atom stereocenters. The van der Waals surface area contributed by atoms with E-state index in [1.807, 2.05) is 45.0 Å². The molecule has 0 saturated carbocycles. The van der Waals surface area contributed by atoms with Gasteiger partial charge in [-0.05, 0) is 31.7 Å². The zero-order valence-electron chi connectivity index (χ0n) is 10.3. The largest absolute Gasteiger partial charge is 0.297 e. The summed E-state index contributed by atoms with van der Waals surface area (Å²) in [6.45, 7) is 8.28. The van der Waals surface area contributed by atoms with Crippen molar-refractivity contribution in [3.8, 4) is 0 Å². The van der Waals surface area contributed by atoms with E-state index in [2.05, 4.69) is 4.90 Å². The van der Waals surface area contributed by atoms with Crippen LogP contribution in [0, 0.1) is 6.92 Å². The van der Waals surface area contributed by atoms with E-state index in [1.54, 1.807) is 6.08 Å². The Hall–Kier alpha value is -1.15. The molecule has 1 nitrogen and oxygen atoms in total. The number of hydrogen-bond donors (Lipinski definition) is 0. The molecule has 0 N–H and O–H groups in total. The second-order valence-corrected chi connectivity index (χ2v) is 3.96. The van der Waals surface area contributed by atoms with Crippen LogP contribution in [0.2, 0.25) is 0 Å². The average Bonchev–Trinajstić information content (AvgIpc) is 2.29. The van der Waals surface area contributed by atoms with Gasteiger partial charge in [-0.15, -0.1) is 0 Å². The maximum absolute atomic E-state index is 13.6. The topological polar surface area (TPSA) is 3.24 Å². The normalized spacial score (nSPS) is 12.2. The molecule has 0 heterocycles. The van der Waals surface area contributed by atoms with Gasteiger partial charge in [0.05, 0.1) is 6.54 Å². The van der Waals surface area contributed by atoms with Crippen LogP contribution in [0.4, 0.5) is 4.39 Å². The fraction of sp³-hybridized carbons (Fsp3) is 0.429. The third-order valence-corrected chi connectivity index (χ3v) is 2.67. The van der Waals surface area contributed by atoms with Crippen molar-refractivity contribution < 1.29 is 4.39 Å². The Balaban J connectivity index is 2.65. The summed E-state index contributed by atoms with van der Waals surface area (Å²) >= 11 is 0. The SMILES string of the molecule is CCN(CC)C/C(F)=C/c1ccc(C)cc1. The van der Waals surface area contributed by atoms with Gasteiger partial charge in [0.2, 0.25) is 0 Å². The van der Waals surface area contributed by atoms with Gasteiger partial charge in [0.25, 0.3) is 0 Å². The Labute approximate surface area is 97.6 Å². The summed E-state index contributed by atoms with van der Waals surface area (Å²) in [5, 5.41) is 0. The minimum Gasteiger partial charge on any atom is -0.297 e. The number of nitrogens with zero attached hydrogens (tertiary/aromatic N) is 1. The molecule has 0 aromatic heterocycles. The second kappa shape index (κ2) is 6.44. The maximum Gasteiger partial charge on any atom is 0.114 e. The summed E-state index contributed by atoms with van der Waals surface area (Å²) in [4.78, 5) is 2.06. The molecule has 88 valence electrons. The number of benzene rings is 1. The fourth-order valence-electron chi connectivity index (χ4n) is 1.55. The molecule has 0 bridgehead atoms. The van der Waals surface area contributed by atoms with Gasteiger partial charge < -0.3 is 0 Å². The van der Waals surface area contributed by atoms with Gasteiger partial charge in [-0.25, -0.2) is 4.39 Å². The number of halogens is 1. The first-order valence-corrected chi connectivity index (χ1v) is 5.80. The lowest BCUT2D eigenvalue weighted by molar-refractivity contribution is 0.308. The Kier molecular flexibility index (Phi) is 5.20. The third-order valence-electron chi connectivity index (χ3n) is 2.67. The van der Waals surface area contributed by atoms with Crippen LogP contribution in [0.1, 0.15) is 25.0 Å². The van der Waals surface area contributed by atoms with Gasteiger partial charge in [-0.2, -0.15) is 0 Å². The summed E-state index contributed by atoms with van der Waals surface area (Å²) in [7, 11) is 0. The van der Waals surface area contributed by atoms with Gasteiger partial charge in [-0.1, -0.05) is 43.7 Å². The summed E-state index contributed by atoms with van der Waals surface area (Å²) in [6.07, 6.45) is 1.61. The minimum absolute atomic E-state index is 0.0763. The van der Waals surface area contributed by atoms with Crippen molar-refractivity contribution in [2.75, 3.05) is 19.6 Å². The molecule has 0 saturated heterocycles. The second-order valence-electron chi connectivity index (χ2n) is 3.96. The first-order chi connectivity index (χ1) is 7.65. The van der Waals surface area contributed by atoms with E-state index >= 15 is 0 Å². The summed E-state index contributed by atoms with van der Waals surface area (Å²) in [6, 6.07) is 7.88. The predicted octanol–water partition coefficient (Wildman–Crippen LogP) is 3.65. The van der Waals surface area contributed by atoms with Crippen molar-refractivity contribution in [3.63, 3.8) is 0 Å². The van der Waals surface area contributed by atoms with Crippen molar-refractivity contribution in [2.45, 2.75) is 20.8 Å². The molecule has 0 aliphatic heterocycles. The first kappa shape index (κ1) is 12.9. The fourth-order valence-corrected chi connectivity index (χ4v) is 1.55. The molecule has 0 aliphatic carbocycles. The van der Waals surface area contributed by atoms with Crippen molar-refractivity contribution in [2.24, 2.45) is 0 Å². The first-order valence-electron chi connectivity index (χ1n) is 5.80. The van der Waals surface area contributed by atoms with Crippen molar-refractivity contribution >= 4 is 6.08 Å². The molecule has 0 fully saturated rings. The highest BCUT2D eigenvalue weighted by Gasteiger charge is 2.02. The monoisotopic (exact) mass is 221 g/mol. The highest BCUT2D eigenvalue weighted by Crippen LogP contribution is 2.10. The third kappa shape index (κ3) is 4.15.